The molecule has 86 valence electrons. The minimum atomic E-state index is 0.854. The van der Waals surface area contributed by atoms with E-state index in [2.05, 4.69) is 21.8 Å². The summed E-state index contributed by atoms with van der Waals surface area (Å²) in [6, 6.07) is 1.97. The highest BCUT2D eigenvalue weighted by Crippen LogP contribution is 1.99. The van der Waals surface area contributed by atoms with Crippen molar-refractivity contribution in [2.75, 3.05) is 6.54 Å². The number of furan rings is 1. The van der Waals surface area contributed by atoms with E-state index >= 15 is 0 Å². The predicted octanol–water partition coefficient (Wildman–Crippen LogP) is 1.83. The molecule has 0 aliphatic carbocycles. The fourth-order valence-corrected chi connectivity index (χ4v) is 1.68. The normalized spacial score (nSPS) is 10.8. The first-order chi connectivity index (χ1) is 7.90. The summed E-state index contributed by atoms with van der Waals surface area (Å²) in [5, 5.41) is 3.37. The maximum absolute atomic E-state index is 5.00. The fourth-order valence-electron chi connectivity index (χ4n) is 1.68. The van der Waals surface area contributed by atoms with Crippen LogP contribution in [0, 0.1) is 0 Å². The van der Waals surface area contributed by atoms with Gasteiger partial charge < -0.3 is 14.3 Å². The predicted molar refractivity (Wildman–Crippen MR) is 62.0 cm³/mol. The lowest BCUT2D eigenvalue weighted by molar-refractivity contribution is 0.553. The van der Waals surface area contributed by atoms with Gasteiger partial charge in [0.25, 0.3) is 0 Å². The van der Waals surface area contributed by atoms with Gasteiger partial charge in [-0.2, -0.15) is 0 Å². The van der Waals surface area contributed by atoms with Crippen LogP contribution >= 0.6 is 0 Å². The van der Waals surface area contributed by atoms with Gasteiger partial charge in [-0.1, -0.05) is 6.92 Å². The summed E-state index contributed by atoms with van der Waals surface area (Å²) >= 11 is 0. The summed E-state index contributed by atoms with van der Waals surface area (Å²) in [4.78, 5) is 4.28. The molecule has 16 heavy (non-hydrogen) atoms. The van der Waals surface area contributed by atoms with Gasteiger partial charge in [0.05, 0.1) is 12.5 Å². The Bertz CT molecular complexity index is 406. The molecule has 0 saturated carbocycles. The molecule has 0 aliphatic heterocycles. The quantitative estimate of drug-likeness (QED) is 0.754. The Morgan fingerprint density at radius 1 is 1.50 bits per heavy atom. The fraction of sp³-hybridized carbons (Fsp3) is 0.417. The monoisotopic (exact) mass is 219 g/mol. The summed E-state index contributed by atoms with van der Waals surface area (Å²) in [6.07, 6.45) is 8.33. The highest BCUT2D eigenvalue weighted by atomic mass is 16.3. The van der Waals surface area contributed by atoms with Crippen molar-refractivity contribution in [3.63, 3.8) is 0 Å². The van der Waals surface area contributed by atoms with Crippen LogP contribution in [0.2, 0.25) is 0 Å². The van der Waals surface area contributed by atoms with E-state index in [-0.39, 0.29) is 0 Å². The molecule has 2 aromatic rings. The molecule has 4 nitrogen and oxygen atoms in total. The SMILES string of the molecule is CCc1nccn1CCNCc1ccoc1. The van der Waals surface area contributed by atoms with Crippen molar-refractivity contribution in [3.05, 3.63) is 42.4 Å². The molecular weight excluding hydrogens is 202 g/mol. The van der Waals surface area contributed by atoms with Gasteiger partial charge in [0, 0.05) is 44.0 Å². The lowest BCUT2D eigenvalue weighted by Gasteiger charge is -2.07. The number of aromatic nitrogens is 2. The maximum Gasteiger partial charge on any atom is 0.108 e. The topological polar surface area (TPSA) is 43.0 Å². The van der Waals surface area contributed by atoms with Gasteiger partial charge in [0.15, 0.2) is 0 Å². The lowest BCUT2D eigenvalue weighted by Crippen LogP contribution is -2.19. The largest absolute Gasteiger partial charge is 0.472 e. The minimum absolute atomic E-state index is 0.854. The standard InChI is InChI=1S/C12H17N3O/c1-2-12-14-5-7-15(12)6-4-13-9-11-3-8-16-10-11/h3,5,7-8,10,13H,2,4,6,9H2,1H3. The van der Waals surface area contributed by atoms with E-state index in [1.165, 1.54) is 5.56 Å². The van der Waals surface area contributed by atoms with Crippen molar-refractivity contribution in [1.29, 1.82) is 0 Å². The Kier molecular flexibility index (Phi) is 3.77. The first-order valence-electron chi connectivity index (χ1n) is 5.62. The summed E-state index contributed by atoms with van der Waals surface area (Å²) in [6.45, 7) is 4.87. The van der Waals surface area contributed by atoms with Crippen LogP contribution in [0.3, 0.4) is 0 Å². The van der Waals surface area contributed by atoms with Crippen molar-refractivity contribution < 1.29 is 4.42 Å². The zero-order valence-corrected chi connectivity index (χ0v) is 9.52. The van der Waals surface area contributed by atoms with Crippen LogP contribution in [0.1, 0.15) is 18.3 Å². The Hall–Kier alpha value is -1.55. The van der Waals surface area contributed by atoms with Crippen molar-refractivity contribution >= 4 is 0 Å². The van der Waals surface area contributed by atoms with Crippen LogP contribution in [0.25, 0.3) is 0 Å². The number of nitrogens with one attached hydrogen (secondary N) is 1. The van der Waals surface area contributed by atoms with Crippen molar-refractivity contribution in [1.82, 2.24) is 14.9 Å². The van der Waals surface area contributed by atoms with E-state index in [1.54, 1.807) is 12.5 Å². The minimum Gasteiger partial charge on any atom is -0.472 e. The first-order valence-corrected chi connectivity index (χ1v) is 5.62. The highest BCUT2D eigenvalue weighted by Gasteiger charge is 1.99. The van der Waals surface area contributed by atoms with Crippen molar-refractivity contribution in [2.45, 2.75) is 26.4 Å². The van der Waals surface area contributed by atoms with E-state index in [0.29, 0.717) is 0 Å². The molecule has 2 heterocycles. The number of hydrogen-bond donors (Lipinski definition) is 1. The van der Waals surface area contributed by atoms with Gasteiger partial charge in [-0.3, -0.25) is 0 Å². The van der Waals surface area contributed by atoms with Crippen LogP contribution in [0.5, 0.6) is 0 Å². The molecule has 2 rings (SSSR count). The van der Waals surface area contributed by atoms with E-state index in [9.17, 15) is 0 Å². The second-order valence-corrected chi connectivity index (χ2v) is 3.70. The van der Waals surface area contributed by atoms with E-state index in [0.717, 1.165) is 31.9 Å². The molecule has 0 unspecified atom stereocenters. The second-order valence-electron chi connectivity index (χ2n) is 3.70. The molecule has 0 amide bonds. The number of imidazole rings is 1. The zero-order chi connectivity index (χ0) is 11.2. The van der Waals surface area contributed by atoms with Gasteiger partial charge in [-0.05, 0) is 6.07 Å². The first kappa shape index (κ1) is 11.0. The smallest absolute Gasteiger partial charge is 0.108 e. The summed E-state index contributed by atoms with van der Waals surface area (Å²) in [7, 11) is 0. The molecule has 0 bridgehead atoms. The molecule has 1 N–H and O–H groups in total. The molecule has 0 spiro atoms. The van der Waals surface area contributed by atoms with Crippen molar-refractivity contribution in [3.8, 4) is 0 Å². The molecule has 0 fully saturated rings. The Morgan fingerprint density at radius 2 is 2.44 bits per heavy atom. The number of rotatable bonds is 6. The number of nitrogens with zero attached hydrogens (tertiary/aromatic N) is 2. The van der Waals surface area contributed by atoms with Crippen LogP contribution < -0.4 is 5.32 Å². The van der Waals surface area contributed by atoms with Crippen LogP contribution in [-0.4, -0.2) is 16.1 Å². The maximum atomic E-state index is 5.00. The third-order valence-electron chi connectivity index (χ3n) is 2.56. The van der Waals surface area contributed by atoms with E-state index in [4.69, 9.17) is 4.42 Å². The van der Waals surface area contributed by atoms with Gasteiger partial charge >= 0.3 is 0 Å². The second kappa shape index (κ2) is 5.51. The Balaban J connectivity index is 1.72. The van der Waals surface area contributed by atoms with Gasteiger partial charge in [0.2, 0.25) is 0 Å². The summed E-state index contributed by atoms with van der Waals surface area (Å²) in [5.74, 6) is 1.14. The number of hydrogen-bond acceptors (Lipinski definition) is 3. The average Bonchev–Trinajstić information content (AvgIpc) is 2.95. The van der Waals surface area contributed by atoms with Crippen LogP contribution in [0.15, 0.2) is 35.4 Å². The zero-order valence-electron chi connectivity index (χ0n) is 9.52. The van der Waals surface area contributed by atoms with Crippen LogP contribution in [-0.2, 0) is 19.5 Å². The van der Waals surface area contributed by atoms with Gasteiger partial charge in [-0.25, -0.2) is 4.98 Å². The van der Waals surface area contributed by atoms with E-state index < -0.39 is 0 Å². The molecular formula is C12H17N3O. The van der Waals surface area contributed by atoms with Crippen molar-refractivity contribution in [2.24, 2.45) is 0 Å². The Morgan fingerprint density at radius 3 is 3.19 bits per heavy atom. The summed E-state index contributed by atoms with van der Waals surface area (Å²) in [5.41, 5.74) is 1.18. The average molecular weight is 219 g/mol. The molecule has 0 aromatic carbocycles. The van der Waals surface area contributed by atoms with Gasteiger partial charge in [0.1, 0.15) is 5.82 Å². The molecule has 2 aromatic heterocycles. The molecule has 0 atom stereocenters. The molecule has 0 aliphatic rings. The van der Waals surface area contributed by atoms with Gasteiger partial charge in [-0.15, -0.1) is 0 Å². The van der Waals surface area contributed by atoms with E-state index in [1.807, 2.05) is 18.5 Å². The van der Waals surface area contributed by atoms with Crippen LogP contribution in [0.4, 0.5) is 0 Å². The molecule has 0 radical (unpaired) electrons. The highest BCUT2D eigenvalue weighted by molar-refractivity contribution is 5.04. The Labute approximate surface area is 95.3 Å². The molecule has 4 heteroatoms. The summed E-state index contributed by atoms with van der Waals surface area (Å²) < 4.78 is 7.18. The third-order valence-corrected chi connectivity index (χ3v) is 2.56. The number of aryl methyl sites for hydroxylation is 1. The third kappa shape index (κ3) is 2.73. The lowest BCUT2D eigenvalue weighted by atomic mass is 10.3. The molecule has 0 saturated heterocycles.